The normalized spacial score (nSPS) is 16.9. The maximum absolute atomic E-state index is 12.7. The van der Waals surface area contributed by atoms with Crippen molar-refractivity contribution in [3.63, 3.8) is 0 Å². The summed E-state index contributed by atoms with van der Waals surface area (Å²) in [5.41, 5.74) is 1.28. The third-order valence-corrected chi connectivity index (χ3v) is 4.95. The summed E-state index contributed by atoms with van der Waals surface area (Å²) in [5.74, 6) is 1.68. The van der Waals surface area contributed by atoms with E-state index >= 15 is 0 Å². The topological polar surface area (TPSA) is 79.7 Å². The van der Waals surface area contributed by atoms with Crippen LogP contribution in [0.1, 0.15) is 30.1 Å². The van der Waals surface area contributed by atoms with Crippen LogP contribution >= 0.6 is 0 Å². The smallest absolute Gasteiger partial charge is 0.350 e. The van der Waals surface area contributed by atoms with Gasteiger partial charge < -0.3 is 4.90 Å². The van der Waals surface area contributed by atoms with Gasteiger partial charge in [-0.15, -0.1) is 0 Å². The summed E-state index contributed by atoms with van der Waals surface area (Å²) in [4.78, 5) is 19.3. The van der Waals surface area contributed by atoms with E-state index in [0.29, 0.717) is 12.1 Å². The van der Waals surface area contributed by atoms with E-state index in [4.69, 9.17) is 5.26 Å². The number of anilines is 1. The molecule has 3 aromatic rings. The van der Waals surface area contributed by atoms with Gasteiger partial charge in [0.05, 0.1) is 17.3 Å². The van der Waals surface area contributed by atoms with E-state index < -0.39 is 0 Å². The summed E-state index contributed by atoms with van der Waals surface area (Å²) in [7, 11) is 1.68. The van der Waals surface area contributed by atoms with Crippen molar-refractivity contribution < 1.29 is 0 Å². The minimum Gasteiger partial charge on any atom is -0.356 e. The first-order valence-electron chi connectivity index (χ1n) is 9.00. The summed E-state index contributed by atoms with van der Waals surface area (Å²) in [6, 6.07) is 15.3. The van der Waals surface area contributed by atoms with E-state index in [2.05, 4.69) is 21.1 Å². The van der Waals surface area contributed by atoms with Gasteiger partial charge >= 0.3 is 5.69 Å². The Hall–Kier alpha value is -3.40. The van der Waals surface area contributed by atoms with E-state index in [1.54, 1.807) is 23.9 Å². The zero-order valence-corrected chi connectivity index (χ0v) is 15.1. The summed E-state index contributed by atoms with van der Waals surface area (Å²) in [5, 5.41) is 13.7. The molecule has 0 radical (unpaired) electrons. The van der Waals surface area contributed by atoms with E-state index in [1.807, 2.05) is 36.4 Å². The molecule has 1 unspecified atom stereocenters. The molecule has 3 heterocycles. The number of nitriles is 1. The van der Waals surface area contributed by atoms with Gasteiger partial charge in [0.15, 0.2) is 0 Å². The van der Waals surface area contributed by atoms with Crippen LogP contribution in [0.5, 0.6) is 0 Å². The molecule has 1 aliphatic rings. The van der Waals surface area contributed by atoms with Gasteiger partial charge in [0.1, 0.15) is 11.6 Å². The van der Waals surface area contributed by atoms with Gasteiger partial charge in [-0.3, -0.25) is 0 Å². The summed E-state index contributed by atoms with van der Waals surface area (Å²) in [6.45, 7) is 1.59. The molecule has 0 saturated carbocycles. The van der Waals surface area contributed by atoms with Crippen molar-refractivity contribution in [1.29, 1.82) is 5.26 Å². The molecule has 27 heavy (non-hydrogen) atoms. The molecule has 7 heteroatoms. The highest BCUT2D eigenvalue weighted by atomic mass is 16.2. The first kappa shape index (κ1) is 17.0. The lowest BCUT2D eigenvalue weighted by Crippen LogP contribution is -2.36. The number of piperidine rings is 1. The minimum atomic E-state index is -0.141. The van der Waals surface area contributed by atoms with Gasteiger partial charge in [-0.05, 0) is 37.1 Å². The third-order valence-electron chi connectivity index (χ3n) is 4.95. The molecule has 1 fully saturated rings. The number of para-hydroxylation sites is 1. The highest BCUT2D eigenvalue weighted by Gasteiger charge is 2.28. The van der Waals surface area contributed by atoms with Crippen LogP contribution in [0.3, 0.4) is 0 Å². The molecule has 1 aliphatic heterocycles. The van der Waals surface area contributed by atoms with Crippen LogP contribution in [-0.4, -0.2) is 32.4 Å². The molecule has 136 valence electrons. The minimum absolute atomic E-state index is 0.111. The number of aryl methyl sites for hydroxylation is 1. The molecule has 0 spiro atoms. The Bertz CT molecular complexity index is 1050. The molecular formula is C20H20N6O. The molecule has 1 aromatic carbocycles. The van der Waals surface area contributed by atoms with Crippen molar-refractivity contribution >= 4 is 5.82 Å². The lowest BCUT2D eigenvalue weighted by atomic mass is 9.97. The van der Waals surface area contributed by atoms with Gasteiger partial charge in [0.2, 0.25) is 0 Å². The van der Waals surface area contributed by atoms with E-state index in [0.717, 1.165) is 36.7 Å². The summed E-state index contributed by atoms with van der Waals surface area (Å²) in [6.07, 6.45) is 3.60. The van der Waals surface area contributed by atoms with E-state index in [9.17, 15) is 4.79 Å². The van der Waals surface area contributed by atoms with Crippen LogP contribution in [0.4, 0.5) is 5.82 Å². The number of hydrogen-bond donors (Lipinski definition) is 0. The van der Waals surface area contributed by atoms with Crippen molar-refractivity contribution in [1.82, 2.24) is 19.3 Å². The number of benzene rings is 1. The van der Waals surface area contributed by atoms with Crippen molar-refractivity contribution in [2.75, 3.05) is 18.0 Å². The molecule has 2 aromatic heterocycles. The Kier molecular flexibility index (Phi) is 4.47. The molecule has 4 rings (SSSR count). The van der Waals surface area contributed by atoms with Crippen molar-refractivity contribution in [2.24, 2.45) is 7.05 Å². The summed E-state index contributed by atoms with van der Waals surface area (Å²) < 4.78 is 3.10. The van der Waals surface area contributed by atoms with Gasteiger partial charge in [-0.25, -0.2) is 19.0 Å². The predicted molar refractivity (Wildman–Crippen MR) is 102 cm³/mol. The maximum atomic E-state index is 12.7. The molecule has 7 nitrogen and oxygen atoms in total. The predicted octanol–water partition coefficient (Wildman–Crippen LogP) is 2.22. The molecule has 1 saturated heterocycles. The zero-order valence-electron chi connectivity index (χ0n) is 15.1. The largest absolute Gasteiger partial charge is 0.356 e. The van der Waals surface area contributed by atoms with E-state index in [-0.39, 0.29) is 11.6 Å². The monoisotopic (exact) mass is 360 g/mol. The van der Waals surface area contributed by atoms with Gasteiger partial charge in [-0.2, -0.15) is 10.4 Å². The van der Waals surface area contributed by atoms with Gasteiger partial charge in [0, 0.05) is 32.3 Å². The molecule has 1 atom stereocenters. The van der Waals surface area contributed by atoms with Gasteiger partial charge in [0.25, 0.3) is 0 Å². The third kappa shape index (κ3) is 3.22. The average Bonchev–Trinajstić information content (AvgIpc) is 3.03. The van der Waals surface area contributed by atoms with Crippen molar-refractivity contribution in [3.8, 4) is 11.8 Å². The molecular weight excluding hydrogens is 340 g/mol. The van der Waals surface area contributed by atoms with Crippen LogP contribution in [0.2, 0.25) is 0 Å². The fraction of sp³-hybridized carbons (Fsp3) is 0.300. The van der Waals surface area contributed by atoms with Crippen molar-refractivity contribution in [3.05, 3.63) is 70.5 Å². The zero-order chi connectivity index (χ0) is 18.8. The number of rotatable bonds is 3. The Morgan fingerprint density at radius 3 is 2.81 bits per heavy atom. The molecule has 0 aliphatic carbocycles. The van der Waals surface area contributed by atoms with E-state index in [1.165, 1.54) is 4.68 Å². The lowest BCUT2D eigenvalue weighted by Gasteiger charge is -2.33. The average molecular weight is 360 g/mol. The van der Waals surface area contributed by atoms with Crippen LogP contribution in [0.15, 0.2) is 53.5 Å². The lowest BCUT2D eigenvalue weighted by molar-refractivity contribution is 0.480. The summed E-state index contributed by atoms with van der Waals surface area (Å²) >= 11 is 0. The Morgan fingerprint density at radius 1 is 1.22 bits per heavy atom. The van der Waals surface area contributed by atoms with Gasteiger partial charge in [-0.1, -0.05) is 18.2 Å². The molecule has 0 N–H and O–H groups in total. The SMILES string of the molecule is Cn1nc(C2CCCN(c3cc(C#N)ccn3)C2)n(-c2ccccc2)c1=O. The second kappa shape index (κ2) is 7.08. The Balaban J connectivity index is 1.69. The maximum Gasteiger partial charge on any atom is 0.350 e. The second-order valence-electron chi connectivity index (χ2n) is 6.74. The quantitative estimate of drug-likeness (QED) is 0.715. The second-order valence-corrected chi connectivity index (χ2v) is 6.74. The Labute approximate surface area is 157 Å². The van der Waals surface area contributed by atoms with Crippen LogP contribution in [0, 0.1) is 11.3 Å². The highest BCUT2D eigenvalue weighted by molar-refractivity contribution is 5.46. The highest BCUT2D eigenvalue weighted by Crippen LogP contribution is 2.29. The van der Waals surface area contributed by atoms with Crippen LogP contribution in [-0.2, 0) is 7.05 Å². The van der Waals surface area contributed by atoms with Crippen LogP contribution in [0.25, 0.3) is 5.69 Å². The fourth-order valence-corrected chi connectivity index (χ4v) is 3.62. The standard InChI is InChI=1S/C20H20N6O/c1-24-20(27)26(17-7-3-2-4-8-17)19(23-24)16-6-5-11-25(14-16)18-12-15(13-21)9-10-22-18/h2-4,7-10,12,16H,5-6,11,14H2,1H3. The fourth-order valence-electron chi connectivity index (χ4n) is 3.62. The first-order chi connectivity index (χ1) is 13.2. The first-order valence-corrected chi connectivity index (χ1v) is 9.00. The number of nitrogens with zero attached hydrogens (tertiary/aromatic N) is 6. The number of pyridine rings is 1. The number of aromatic nitrogens is 4. The number of hydrogen-bond acceptors (Lipinski definition) is 5. The Morgan fingerprint density at radius 2 is 2.04 bits per heavy atom. The van der Waals surface area contributed by atoms with Crippen LogP contribution < -0.4 is 10.6 Å². The molecule has 0 bridgehead atoms. The molecule has 0 amide bonds. The van der Waals surface area contributed by atoms with Crippen molar-refractivity contribution in [2.45, 2.75) is 18.8 Å².